The number of rotatable bonds is 9. The highest BCUT2D eigenvalue weighted by Crippen LogP contribution is 2.34. The topological polar surface area (TPSA) is 73.9 Å². The Morgan fingerprint density at radius 1 is 1.19 bits per heavy atom. The molecule has 0 amide bonds. The number of methoxy groups -OCH3 is 1. The molecule has 0 aliphatic heterocycles. The normalized spacial score (nSPS) is 14.0. The van der Waals surface area contributed by atoms with Gasteiger partial charge < -0.3 is 25.1 Å². The van der Waals surface area contributed by atoms with E-state index in [0.717, 1.165) is 14.5 Å². The number of benzene rings is 1. The van der Waals surface area contributed by atoms with Crippen molar-refractivity contribution in [3.8, 4) is 5.75 Å². The van der Waals surface area contributed by atoms with Crippen LogP contribution in [-0.2, 0) is 16.0 Å². The van der Waals surface area contributed by atoms with E-state index in [0.29, 0.717) is 18.9 Å². The van der Waals surface area contributed by atoms with Crippen LogP contribution in [0.4, 0.5) is 0 Å². The van der Waals surface area contributed by atoms with Crippen molar-refractivity contribution in [3.05, 3.63) is 26.6 Å². The van der Waals surface area contributed by atoms with Gasteiger partial charge in [0.2, 0.25) is 0 Å². The van der Waals surface area contributed by atoms with E-state index in [4.69, 9.17) is 19.9 Å². The lowest BCUT2D eigenvalue weighted by Crippen LogP contribution is -2.27. The zero-order chi connectivity index (χ0) is 15.8. The molecule has 5 nitrogen and oxygen atoms in total. The van der Waals surface area contributed by atoms with Crippen LogP contribution in [0.15, 0.2) is 21.1 Å². The van der Waals surface area contributed by atoms with Crippen molar-refractivity contribution in [2.75, 3.05) is 26.9 Å². The maximum absolute atomic E-state index is 9.87. The van der Waals surface area contributed by atoms with Crippen LogP contribution in [0.5, 0.6) is 5.75 Å². The van der Waals surface area contributed by atoms with Gasteiger partial charge in [-0.25, -0.2) is 0 Å². The molecule has 1 rings (SSSR count). The SMILES string of the molecule is COCC(C)OCC(O)COc1c(Br)cc(CN)cc1Br. The molecule has 0 aliphatic rings. The molecular formula is C14H21Br2NO4. The average Bonchev–Trinajstić information content (AvgIpc) is 2.44. The molecule has 1 aromatic rings. The van der Waals surface area contributed by atoms with E-state index >= 15 is 0 Å². The van der Waals surface area contributed by atoms with Gasteiger partial charge in [-0.15, -0.1) is 0 Å². The molecule has 1 aromatic carbocycles. The number of hydrogen-bond acceptors (Lipinski definition) is 5. The van der Waals surface area contributed by atoms with E-state index in [2.05, 4.69) is 31.9 Å². The van der Waals surface area contributed by atoms with Gasteiger partial charge in [0.15, 0.2) is 0 Å². The third-order valence-corrected chi connectivity index (χ3v) is 3.87. The maximum atomic E-state index is 9.87. The van der Waals surface area contributed by atoms with Crippen molar-refractivity contribution < 1.29 is 19.3 Å². The standard InChI is InChI=1S/C14H21Br2NO4/c1-9(6-19-2)20-7-11(18)8-21-14-12(15)3-10(5-17)4-13(14)16/h3-4,9,11,18H,5-8,17H2,1-2H3. The Morgan fingerprint density at radius 2 is 1.81 bits per heavy atom. The van der Waals surface area contributed by atoms with Crippen molar-refractivity contribution in [1.82, 2.24) is 0 Å². The van der Waals surface area contributed by atoms with Gasteiger partial charge in [-0.1, -0.05) is 0 Å². The lowest BCUT2D eigenvalue weighted by molar-refractivity contribution is -0.0424. The first-order valence-corrected chi connectivity index (χ1v) is 8.15. The zero-order valence-electron chi connectivity index (χ0n) is 12.1. The summed E-state index contributed by atoms with van der Waals surface area (Å²) in [5.41, 5.74) is 6.59. The van der Waals surface area contributed by atoms with Crippen LogP contribution in [0.1, 0.15) is 12.5 Å². The summed E-state index contributed by atoms with van der Waals surface area (Å²) in [4.78, 5) is 0. The molecule has 0 saturated heterocycles. The van der Waals surface area contributed by atoms with Crippen molar-refractivity contribution in [3.63, 3.8) is 0 Å². The summed E-state index contributed by atoms with van der Waals surface area (Å²) >= 11 is 6.86. The van der Waals surface area contributed by atoms with Gasteiger partial charge >= 0.3 is 0 Å². The van der Waals surface area contributed by atoms with Crippen molar-refractivity contribution in [1.29, 1.82) is 0 Å². The van der Waals surface area contributed by atoms with Crippen molar-refractivity contribution in [2.24, 2.45) is 5.73 Å². The lowest BCUT2D eigenvalue weighted by Gasteiger charge is -2.17. The summed E-state index contributed by atoms with van der Waals surface area (Å²) in [6.45, 7) is 3.16. The second kappa shape index (κ2) is 9.76. The molecule has 0 radical (unpaired) electrons. The number of halogens is 2. The summed E-state index contributed by atoms with van der Waals surface area (Å²) in [6.07, 6.45) is -0.774. The molecule has 0 saturated carbocycles. The van der Waals surface area contributed by atoms with Gasteiger partial charge in [-0.05, 0) is 56.5 Å². The van der Waals surface area contributed by atoms with Gasteiger partial charge in [-0.3, -0.25) is 0 Å². The van der Waals surface area contributed by atoms with Gasteiger partial charge in [0.25, 0.3) is 0 Å². The lowest BCUT2D eigenvalue weighted by atomic mass is 10.2. The largest absolute Gasteiger partial charge is 0.488 e. The molecular weight excluding hydrogens is 406 g/mol. The van der Waals surface area contributed by atoms with E-state index in [-0.39, 0.29) is 19.3 Å². The fourth-order valence-corrected chi connectivity index (χ4v) is 3.16. The van der Waals surface area contributed by atoms with Crippen molar-refractivity contribution >= 4 is 31.9 Å². The van der Waals surface area contributed by atoms with E-state index in [1.54, 1.807) is 7.11 Å². The highest BCUT2D eigenvalue weighted by atomic mass is 79.9. The van der Waals surface area contributed by atoms with Crippen LogP contribution < -0.4 is 10.5 Å². The summed E-state index contributed by atoms with van der Waals surface area (Å²) in [7, 11) is 1.61. The zero-order valence-corrected chi connectivity index (χ0v) is 15.3. The molecule has 2 unspecified atom stereocenters. The predicted octanol–water partition coefficient (Wildman–Crippen LogP) is 2.46. The van der Waals surface area contributed by atoms with Gasteiger partial charge in [0.05, 0.1) is 28.3 Å². The van der Waals surface area contributed by atoms with Crippen LogP contribution in [0, 0.1) is 0 Å². The Morgan fingerprint density at radius 3 is 2.33 bits per heavy atom. The van der Waals surface area contributed by atoms with Crippen LogP contribution in [0.25, 0.3) is 0 Å². The Kier molecular flexibility index (Phi) is 8.77. The number of aliphatic hydroxyl groups is 1. The smallest absolute Gasteiger partial charge is 0.147 e. The third kappa shape index (κ3) is 6.63. The Bertz CT molecular complexity index is 422. The molecule has 0 fully saturated rings. The molecule has 0 heterocycles. The summed E-state index contributed by atoms with van der Waals surface area (Å²) in [5.74, 6) is 0.635. The molecule has 0 aromatic heterocycles. The first-order chi connectivity index (χ1) is 9.97. The second-order valence-corrected chi connectivity index (χ2v) is 6.37. The van der Waals surface area contributed by atoms with E-state index < -0.39 is 6.10 Å². The van der Waals surface area contributed by atoms with Crippen LogP contribution in [0.3, 0.4) is 0 Å². The number of ether oxygens (including phenoxy) is 3. The van der Waals surface area contributed by atoms with Gasteiger partial charge in [-0.2, -0.15) is 0 Å². The summed E-state index contributed by atoms with van der Waals surface area (Å²) in [5, 5.41) is 9.87. The minimum atomic E-state index is -0.711. The first-order valence-electron chi connectivity index (χ1n) is 6.57. The molecule has 0 spiro atoms. The van der Waals surface area contributed by atoms with E-state index in [1.165, 1.54) is 0 Å². The fourth-order valence-electron chi connectivity index (χ4n) is 1.65. The molecule has 3 N–H and O–H groups in total. The monoisotopic (exact) mass is 425 g/mol. The Labute approximate surface area is 142 Å². The fraction of sp³-hybridized carbons (Fsp3) is 0.571. The predicted molar refractivity (Wildman–Crippen MR) is 88.5 cm³/mol. The maximum Gasteiger partial charge on any atom is 0.147 e. The van der Waals surface area contributed by atoms with E-state index in [1.807, 2.05) is 19.1 Å². The average molecular weight is 427 g/mol. The molecule has 21 heavy (non-hydrogen) atoms. The van der Waals surface area contributed by atoms with Crippen LogP contribution in [-0.4, -0.2) is 44.2 Å². The van der Waals surface area contributed by atoms with E-state index in [9.17, 15) is 5.11 Å². The Balaban J connectivity index is 2.48. The van der Waals surface area contributed by atoms with Gasteiger partial charge in [0.1, 0.15) is 18.5 Å². The van der Waals surface area contributed by atoms with Crippen LogP contribution in [0.2, 0.25) is 0 Å². The third-order valence-electron chi connectivity index (χ3n) is 2.69. The molecule has 7 heteroatoms. The number of nitrogens with two attached hydrogens (primary N) is 1. The highest BCUT2D eigenvalue weighted by Gasteiger charge is 2.13. The number of hydrogen-bond donors (Lipinski definition) is 2. The van der Waals surface area contributed by atoms with Crippen molar-refractivity contribution in [2.45, 2.75) is 25.7 Å². The quantitative estimate of drug-likeness (QED) is 0.634. The first kappa shape index (κ1) is 18.9. The second-order valence-electron chi connectivity index (χ2n) is 4.66. The minimum Gasteiger partial charge on any atom is -0.488 e. The number of aliphatic hydroxyl groups excluding tert-OH is 1. The molecule has 120 valence electrons. The molecule has 0 bridgehead atoms. The Hall–Kier alpha value is -0.180. The highest BCUT2D eigenvalue weighted by molar-refractivity contribution is 9.11. The summed E-state index contributed by atoms with van der Waals surface area (Å²) in [6, 6.07) is 3.78. The molecule has 0 aliphatic carbocycles. The molecule has 2 atom stereocenters. The van der Waals surface area contributed by atoms with Gasteiger partial charge in [0, 0.05) is 13.7 Å². The minimum absolute atomic E-state index is 0.0630. The summed E-state index contributed by atoms with van der Waals surface area (Å²) < 4.78 is 17.6. The van der Waals surface area contributed by atoms with Crippen LogP contribution >= 0.6 is 31.9 Å².